The number of methoxy groups -OCH3 is 1. The first-order chi connectivity index (χ1) is 11.5. The van der Waals surface area contributed by atoms with E-state index in [1.54, 1.807) is 30.3 Å². The minimum absolute atomic E-state index is 0.0777. The highest BCUT2D eigenvalue weighted by molar-refractivity contribution is 6.33. The summed E-state index contributed by atoms with van der Waals surface area (Å²) in [6.07, 6.45) is 0. The number of anilines is 2. The monoisotopic (exact) mass is 356 g/mol. The fourth-order valence-electron chi connectivity index (χ4n) is 1.91. The van der Waals surface area contributed by atoms with Crippen molar-refractivity contribution in [2.24, 2.45) is 0 Å². The number of nitrogens with one attached hydrogen (secondary N) is 2. The van der Waals surface area contributed by atoms with E-state index < -0.39 is 6.61 Å². The maximum atomic E-state index is 12.4. The molecule has 0 atom stereocenters. The van der Waals surface area contributed by atoms with Gasteiger partial charge in [0.25, 0.3) is 0 Å². The van der Waals surface area contributed by atoms with Crippen LogP contribution < -0.4 is 20.1 Å². The van der Waals surface area contributed by atoms with Gasteiger partial charge in [0.15, 0.2) is 11.5 Å². The number of amides is 1. The lowest BCUT2D eigenvalue weighted by Crippen LogP contribution is -2.21. The molecule has 0 aliphatic heterocycles. The molecule has 128 valence electrons. The van der Waals surface area contributed by atoms with Crippen LogP contribution in [0.2, 0.25) is 5.02 Å². The van der Waals surface area contributed by atoms with Gasteiger partial charge in [-0.1, -0.05) is 23.7 Å². The third-order valence-electron chi connectivity index (χ3n) is 2.98. The Kier molecular flexibility index (Phi) is 6.20. The van der Waals surface area contributed by atoms with E-state index in [1.165, 1.54) is 19.2 Å². The Morgan fingerprint density at radius 3 is 2.62 bits per heavy atom. The third-order valence-corrected chi connectivity index (χ3v) is 3.31. The molecule has 2 N–H and O–H groups in total. The number of hydrogen-bond donors (Lipinski definition) is 2. The molecular formula is C16H15ClF2N2O3. The molecule has 2 rings (SSSR count). The summed E-state index contributed by atoms with van der Waals surface area (Å²) in [6, 6.07) is 11.2. The van der Waals surface area contributed by atoms with Gasteiger partial charge in [-0.25, -0.2) is 0 Å². The lowest BCUT2D eigenvalue weighted by molar-refractivity contribution is -0.114. The van der Waals surface area contributed by atoms with Gasteiger partial charge in [-0.05, 0) is 24.3 Å². The first-order valence-corrected chi connectivity index (χ1v) is 7.28. The number of halogens is 3. The van der Waals surface area contributed by atoms with Gasteiger partial charge in [0.05, 0.1) is 24.4 Å². The van der Waals surface area contributed by atoms with Gasteiger partial charge in [-0.3, -0.25) is 4.79 Å². The predicted octanol–water partition coefficient (Wildman–Crippen LogP) is 4.00. The molecule has 0 saturated carbocycles. The van der Waals surface area contributed by atoms with Crippen molar-refractivity contribution in [3.05, 3.63) is 47.5 Å². The molecule has 8 heteroatoms. The number of rotatable bonds is 7. The Labute approximate surface area is 142 Å². The molecule has 0 aromatic heterocycles. The number of ether oxygens (including phenoxy) is 2. The maximum Gasteiger partial charge on any atom is 0.387 e. The highest BCUT2D eigenvalue weighted by Gasteiger charge is 2.12. The maximum absolute atomic E-state index is 12.4. The number of carbonyl (C=O) groups excluding carboxylic acids is 1. The highest BCUT2D eigenvalue weighted by atomic mass is 35.5. The molecule has 0 saturated heterocycles. The van der Waals surface area contributed by atoms with E-state index in [-0.39, 0.29) is 24.0 Å². The first kappa shape index (κ1) is 17.8. The second-order valence-corrected chi connectivity index (χ2v) is 5.03. The summed E-state index contributed by atoms with van der Waals surface area (Å²) in [6.45, 7) is -3.05. The van der Waals surface area contributed by atoms with Gasteiger partial charge >= 0.3 is 6.61 Å². The normalized spacial score (nSPS) is 10.4. The average molecular weight is 357 g/mol. The molecule has 0 aliphatic carbocycles. The average Bonchev–Trinajstić information content (AvgIpc) is 2.55. The molecule has 0 aliphatic rings. The summed E-state index contributed by atoms with van der Waals surface area (Å²) in [5.74, 6) is -0.291. The van der Waals surface area contributed by atoms with E-state index in [9.17, 15) is 13.6 Å². The Morgan fingerprint density at radius 2 is 1.96 bits per heavy atom. The fourth-order valence-corrected chi connectivity index (χ4v) is 2.10. The standard InChI is InChI=1S/C16H15ClF2N2O3/c1-23-13-7-6-10(8-14(13)24-16(18)19)20-9-15(22)21-12-5-3-2-4-11(12)17/h2-8,16,20H,9H2,1H3,(H,21,22). The summed E-state index contributed by atoms with van der Waals surface area (Å²) in [5.41, 5.74) is 0.920. The van der Waals surface area contributed by atoms with Gasteiger partial charge in [-0.15, -0.1) is 0 Å². The van der Waals surface area contributed by atoms with Crippen LogP contribution in [0.3, 0.4) is 0 Å². The van der Waals surface area contributed by atoms with Gasteiger partial charge in [0.2, 0.25) is 5.91 Å². The third kappa shape index (κ3) is 4.99. The van der Waals surface area contributed by atoms with Crippen LogP contribution in [0.25, 0.3) is 0 Å². The molecule has 24 heavy (non-hydrogen) atoms. The minimum atomic E-state index is -2.97. The first-order valence-electron chi connectivity index (χ1n) is 6.90. The van der Waals surface area contributed by atoms with Crippen molar-refractivity contribution in [2.45, 2.75) is 6.61 Å². The second-order valence-electron chi connectivity index (χ2n) is 4.63. The van der Waals surface area contributed by atoms with Crippen molar-refractivity contribution in [1.82, 2.24) is 0 Å². The van der Waals surface area contributed by atoms with Crippen molar-refractivity contribution in [3.63, 3.8) is 0 Å². The number of alkyl halides is 2. The lowest BCUT2D eigenvalue weighted by Gasteiger charge is -2.13. The summed E-state index contributed by atoms with van der Waals surface area (Å²) in [4.78, 5) is 11.9. The zero-order valence-corrected chi connectivity index (χ0v) is 13.4. The molecule has 2 aromatic rings. The SMILES string of the molecule is COc1ccc(NCC(=O)Nc2ccccc2Cl)cc1OC(F)F. The molecular weight excluding hydrogens is 342 g/mol. The molecule has 0 unspecified atom stereocenters. The fraction of sp³-hybridized carbons (Fsp3) is 0.188. The van der Waals surface area contributed by atoms with Crippen LogP contribution in [-0.4, -0.2) is 26.2 Å². The molecule has 5 nitrogen and oxygen atoms in total. The van der Waals surface area contributed by atoms with Gasteiger partial charge in [0.1, 0.15) is 0 Å². The van der Waals surface area contributed by atoms with E-state index in [4.69, 9.17) is 16.3 Å². The van der Waals surface area contributed by atoms with E-state index in [0.717, 1.165) is 0 Å². The Morgan fingerprint density at radius 1 is 1.21 bits per heavy atom. The van der Waals surface area contributed by atoms with E-state index in [2.05, 4.69) is 15.4 Å². The molecule has 0 bridgehead atoms. The molecule has 0 radical (unpaired) electrons. The van der Waals surface area contributed by atoms with Crippen molar-refractivity contribution < 1.29 is 23.0 Å². The van der Waals surface area contributed by atoms with E-state index in [0.29, 0.717) is 16.4 Å². The zero-order valence-electron chi connectivity index (χ0n) is 12.7. The minimum Gasteiger partial charge on any atom is -0.493 e. The predicted molar refractivity (Wildman–Crippen MR) is 88.2 cm³/mol. The van der Waals surface area contributed by atoms with Crippen LogP contribution >= 0.6 is 11.6 Å². The summed E-state index contributed by atoms with van der Waals surface area (Å²) < 4.78 is 34.1. The van der Waals surface area contributed by atoms with Crippen LogP contribution in [0.15, 0.2) is 42.5 Å². The summed E-state index contributed by atoms with van der Waals surface area (Å²) in [7, 11) is 1.35. The van der Waals surface area contributed by atoms with Crippen LogP contribution in [0.5, 0.6) is 11.5 Å². The van der Waals surface area contributed by atoms with Crippen LogP contribution in [0.1, 0.15) is 0 Å². The van der Waals surface area contributed by atoms with Crippen LogP contribution in [-0.2, 0) is 4.79 Å². The quantitative estimate of drug-likeness (QED) is 0.787. The van der Waals surface area contributed by atoms with Crippen LogP contribution in [0, 0.1) is 0 Å². The Bertz CT molecular complexity index is 713. The molecule has 0 fully saturated rings. The van der Waals surface area contributed by atoms with Crippen molar-refractivity contribution in [3.8, 4) is 11.5 Å². The van der Waals surface area contributed by atoms with Crippen molar-refractivity contribution in [1.29, 1.82) is 0 Å². The van der Waals surface area contributed by atoms with Crippen molar-refractivity contribution in [2.75, 3.05) is 24.3 Å². The molecule has 0 heterocycles. The largest absolute Gasteiger partial charge is 0.493 e. The van der Waals surface area contributed by atoms with E-state index in [1.807, 2.05) is 0 Å². The smallest absolute Gasteiger partial charge is 0.387 e. The van der Waals surface area contributed by atoms with Gasteiger partial charge in [-0.2, -0.15) is 8.78 Å². The Hall–Kier alpha value is -2.54. The van der Waals surface area contributed by atoms with Gasteiger partial charge < -0.3 is 20.1 Å². The van der Waals surface area contributed by atoms with E-state index >= 15 is 0 Å². The topological polar surface area (TPSA) is 59.6 Å². The van der Waals surface area contributed by atoms with Crippen molar-refractivity contribution >= 4 is 28.9 Å². The second kappa shape index (κ2) is 8.35. The van der Waals surface area contributed by atoms with Crippen LogP contribution in [0.4, 0.5) is 20.2 Å². The zero-order chi connectivity index (χ0) is 17.5. The molecule has 0 spiro atoms. The summed E-state index contributed by atoms with van der Waals surface area (Å²) >= 11 is 5.95. The number of hydrogen-bond acceptors (Lipinski definition) is 4. The summed E-state index contributed by atoms with van der Waals surface area (Å²) in [5, 5.41) is 5.87. The Balaban J connectivity index is 1.98. The lowest BCUT2D eigenvalue weighted by atomic mass is 10.2. The number of para-hydroxylation sites is 1. The highest BCUT2D eigenvalue weighted by Crippen LogP contribution is 2.31. The van der Waals surface area contributed by atoms with Gasteiger partial charge in [0, 0.05) is 11.8 Å². The number of carbonyl (C=O) groups is 1. The molecule has 1 amide bonds. The number of benzene rings is 2. The molecule has 2 aromatic carbocycles.